The van der Waals surface area contributed by atoms with E-state index in [0.717, 1.165) is 31.2 Å². The molecule has 5 nitrogen and oxygen atoms in total. The third-order valence-corrected chi connectivity index (χ3v) is 4.64. The van der Waals surface area contributed by atoms with Crippen molar-refractivity contribution >= 4 is 11.9 Å². The van der Waals surface area contributed by atoms with Gasteiger partial charge in [0.05, 0.1) is 11.6 Å². The number of carboxylic acid groups (broad SMARTS) is 1. The fraction of sp³-hybridized carbons (Fsp3) is 0.476. The number of aromatic nitrogens is 1. The Bertz CT molecular complexity index is 694. The van der Waals surface area contributed by atoms with Crippen LogP contribution in [-0.2, 0) is 11.2 Å². The molecule has 1 atom stereocenters. The van der Waals surface area contributed by atoms with E-state index < -0.39 is 5.97 Å². The fourth-order valence-electron chi connectivity index (χ4n) is 3.27. The van der Waals surface area contributed by atoms with Crippen molar-refractivity contribution in [3.8, 4) is 0 Å². The molecule has 0 saturated carbocycles. The second-order valence-electron chi connectivity index (χ2n) is 6.83. The predicted molar refractivity (Wildman–Crippen MR) is 102 cm³/mol. The number of carbonyl (C=O) groups is 2. The van der Waals surface area contributed by atoms with Crippen molar-refractivity contribution in [2.45, 2.75) is 58.4 Å². The van der Waals surface area contributed by atoms with Crippen molar-refractivity contribution in [2.75, 3.05) is 6.54 Å². The van der Waals surface area contributed by atoms with Crippen LogP contribution < -0.4 is 0 Å². The van der Waals surface area contributed by atoms with Crippen molar-refractivity contribution < 1.29 is 14.7 Å². The Balaban J connectivity index is 1.89. The molecule has 1 N–H and O–H groups in total. The molecule has 2 heterocycles. The number of amides is 1. The molecule has 0 aromatic carbocycles. The van der Waals surface area contributed by atoms with E-state index in [1.807, 2.05) is 4.90 Å². The van der Waals surface area contributed by atoms with Gasteiger partial charge in [-0.2, -0.15) is 0 Å². The Hall–Kier alpha value is -2.43. The van der Waals surface area contributed by atoms with Crippen molar-refractivity contribution in [3.05, 3.63) is 53.4 Å². The summed E-state index contributed by atoms with van der Waals surface area (Å²) in [5.41, 5.74) is 2.45. The number of hydrogen-bond donors (Lipinski definition) is 1. The SMILES string of the molecule is CCCC(C)=CC=C[C@H]1CCC(=O)N1CCCc1cncc(C(=O)O)c1. The number of carbonyl (C=O) groups excluding carboxylic acids is 1. The van der Waals surface area contributed by atoms with Gasteiger partial charge in [-0.25, -0.2) is 4.79 Å². The van der Waals surface area contributed by atoms with Crippen LogP contribution in [0.5, 0.6) is 0 Å². The summed E-state index contributed by atoms with van der Waals surface area (Å²) in [6.07, 6.45) is 14.6. The summed E-state index contributed by atoms with van der Waals surface area (Å²) in [6.45, 7) is 4.98. The molecule has 0 radical (unpaired) electrons. The van der Waals surface area contributed by atoms with Crippen LogP contribution in [0.15, 0.2) is 42.3 Å². The zero-order valence-corrected chi connectivity index (χ0v) is 15.6. The number of aromatic carboxylic acids is 1. The second-order valence-corrected chi connectivity index (χ2v) is 6.83. The molecule has 0 unspecified atom stereocenters. The summed E-state index contributed by atoms with van der Waals surface area (Å²) >= 11 is 0. The lowest BCUT2D eigenvalue weighted by molar-refractivity contribution is -0.128. The zero-order valence-electron chi connectivity index (χ0n) is 15.6. The Morgan fingerprint density at radius 2 is 2.23 bits per heavy atom. The number of aryl methyl sites for hydroxylation is 1. The Morgan fingerprint density at radius 1 is 1.42 bits per heavy atom. The fourth-order valence-corrected chi connectivity index (χ4v) is 3.27. The smallest absolute Gasteiger partial charge is 0.337 e. The quantitative estimate of drug-likeness (QED) is 0.679. The topological polar surface area (TPSA) is 70.5 Å². The molecule has 1 saturated heterocycles. The van der Waals surface area contributed by atoms with Crippen LogP contribution in [0.4, 0.5) is 0 Å². The van der Waals surface area contributed by atoms with Gasteiger partial charge in [-0.15, -0.1) is 0 Å². The van der Waals surface area contributed by atoms with Crippen LogP contribution in [0.3, 0.4) is 0 Å². The number of rotatable bonds is 9. The van der Waals surface area contributed by atoms with E-state index in [9.17, 15) is 9.59 Å². The van der Waals surface area contributed by atoms with Gasteiger partial charge in [-0.1, -0.05) is 37.1 Å². The van der Waals surface area contributed by atoms with Crippen molar-refractivity contribution in [1.82, 2.24) is 9.88 Å². The first-order valence-electron chi connectivity index (χ1n) is 9.32. The Kier molecular flexibility index (Phi) is 7.57. The van der Waals surface area contributed by atoms with Gasteiger partial charge in [-0.3, -0.25) is 9.78 Å². The largest absolute Gasteiger partial charge is 0.478 e. The van der Waals surface area contributed by atoms with Crippen LogP contribution in [0.25, 0.3) is 0 Å². The maximum Gasteiger partial charge on any atom is 0.337 e. The molecule has 26 heavy (non-hydrogen) atoms. The van der Waals surface area contributed by atoms with Gasteiger partial charge in [0, 0.05) is 25.4 Å². The molecule has 140 valence electrons. The molecular weight excluding hydrogens is 328 g/mol. The maximum atomic E-state index is 12.2. The van der Waals surface area contributed by atoms with Crippen LogP contribution in [-0.4, -0.2) is 39.5 Å². The average Bonchev–Trinajstić information content (AvgIpc) is 2.96. The van der Waals surface area contributed by atoms with E-state index in [-0.39, 0.29) is 17.5 Å². The van der Waals surface area contributed by atoms with Gasteiger partial charge in [-0.05, 0) is 44.2 Å². The molecule has 1 aromatic rings. The normalized spacial score (nSPS) is 18.1. The molecule has 5 heteroatoms. The van der Waals surface area contributed by atoms with Gasteiger partial charge < -0.3 is 10.0 Å². The first kappa shape index (κ1) is 19.9. The minimum absolute atomic E-state index is 0.164. The minimum atomic E-state index is -0.967. The summed E-state index contributed by atoms with van der Waals surface area (Å²) in [7, 11) is 0. The number of hydrogen-bond acceptors (Lipinski definition) is 3. The van der Waals surface area contributed by atoms with Gasteiger partial charge >= 0.3 is 5.97 Å². The first-order valence-corrected chi connectivity index (χ1v) is 9.32. The molecule has 1 aliphatic heterocycles. The summed E-state index contributed by atoms with van der Waals surface area (Å²) in [5, 5.41) is 9.03. The van der Waals surface area contributed by atoms with E-state index in [1.54, 1.807) is 12.3 Å². The van der Waals surface area contributed by atoms with E-state index in [4.69, 9.17) is 5.11 Å². The second kappa shape index (κ2) is 9.90. The summed E-state index contributed by atoms with van der Waals surface area (Å²) < 4.78 is 0. The molecular formula is C21H28N2O3. The van der Waals surface area contributed by atoms with E-state index in [1.165, 1.54) is 11.8 Å². The van der Waals surface area contributed by atoms with Crippen LogP contribution in [0.2, 0.25) is 0 Å². The summed E-state index contributed by atoms with van der Waals surface area (Å²) in [6, 6.07) is 1.82. The van der Waals surface area contributed by atoms with Crippen molar-refractivity contribution in [1.29, 1.82) is 0 Å². The first-order chi connectivity index (χ1) is 12.5. The standard InChI is InChI=1S/C21H28N2O3/c1-3-6-16(2)7-4-9-19-10-11-20(24)23(19)12-5-8-17-13-18(21(25)26)15-22-14-17/h4,7,9,13-15,19H,3,5-6,8,10-12H2,1-2H3,(H,25,26)/t19-/m0/s1. The highest BCUT2D eigenvalue weighted by atomic mass is 16.4. The molecule has 1 fully saturated rings. The summed E-state index contributed by atoms with van der Waals surface area (Å²) in [5.74, 6) is -0.767. The molecule has 0 bridgehead atoms. The average molecular weight is 356 g/mol. The number of carboxylic acids is 1. The minimum Gasteiger partial charge on any atom is -0.478 e. The monoisotopic (exact) mass is 356 g/mol. The lowest BCUT2D eigenvalue weighted by Crippen LogP contribution is -2.32. The zero-order chi connectivity index (χ0) is 18.9. The molecule has 0 spiro atoms. The number of likely N-dealkylation sites (tertiary alicyclic amines) is 1. The van der Waals surface area contributed by atoms with Gasteiger partial charge in [0.25, 0.3) is 0 Å². The number of nitrogens with zero attached hydrogens (tertiary/aromatic N) is 2. The molecule has 1 aromatic heterocycles. The Labute approximate surface area is 155 Å². The van der Waals surface area contributed by atoms with E-state index >= 15 is 0 Å². The van der Waals surface area contributed by atoms with Crippen LogP contribution in [0, 0.1) is 0 Å². The lowest BCUT2D eigenvalue weighted by atomic mass is 10.1. The molecule has 2 rings (SSSR count). The number of allylic oxidation sites excluding steroid dienone is 3. The van der Waals surface area contributed by atoms with Gasteiger partial charge in [0.1, 0.15) is 0 Å². The third-order valence-electron chi connectivity index (χ3n) is 4.64. The molecule has 1 amide bonds. The van der Waals surface area contributed by atoms with Crippen molar-refractivity contribution in [2.24, 2.45) is 0 Å². The van der Waals surface area contributed by atoms with E-state index in [2.05, 4.69) is 37.1 Å². The highest BCUT2D eigenvalue weighted by Crippen LogP contribution is 2.21. The predicted octanol–water partition coefficient (Wildman–Crippen LogP) is 4.01. The molecule has 1 aliphatic rings. The maximum absolute atomic E-state index is 12.2. The lowest BCUT2D eigenvalue weighted by Gasteiger charge is -2.22. The van der Waals surface area contributed by atoms with Gasteiger partial charge in [0.15, 0.2) is 0 Å². The summed E-state index contributed by atoms with van der Waals surface area (Å²) in [4.78, 5) is 29.1. The van der Waals surface area contributed by atoms with Gasteiger partial charge in [0.2, 0.25) is 5.91 Å². The highest BCUT2D eigenvalue weighted by molar-refractivity contribution is 5.87. The van der Waals surface area contributed by atoms with Crippen LogP contribution in [0.1, 0.15) is 61.9 Å². The van der Waals surface area contributed by atoms with Crippen LogP contribution >= 0.6 is 0 Å². The highest BCUT2D eigenvalue weighted by Gasteiger charge is 2.28. The number of pyridine rings is 1. The van der Waals surface area contributed by atoms with E-state index in [0.29, 0.717) is 19.4 Å². The third kappa shape index (κ3) is 5.83. The molecule has 0 aliphatic carbocycles. The Morgan fingerprint density at radius 3 is 2.96 bits per heavy atom. The van der Waals surface area contributed by atoms with Crippen molar-refractivity contribution in [3.63, 3.8) is 0 Å².